The minimum Gasteiger partial charge on any atom is -0.273 e. The number of rotatable bonds is 3. The van der Waals surface area contributed by atoms with E-state index in [0.717, 1.165) is 17.0 Å². The minimum atomic E-state index is -0.00130. The predicted molar refractivity (Wildman–Crippen MR) is 68.4 cm³/mol. The van der Waals surface area contributed by atoms with Gasteiger partial charge in [0, 0.05) is 11.4 Å². The first-order valence-corrected chi connectivity index (χ1v) is 5.65. The Morgan fingerprint density at radius 1 is 1.06 bits per heavy atom. The molecular formula is C14H16N2O. The van der Waals surface area contributed by atoms with Gasteiger partial charge < -0.3 is 0 Å². The number of nitrogens with one attached hydrogen (secondary N) is 1. The number of hydrogen-bond acceptors (Lipinski definition) is 1. The van der Waals surface area contributed by atoms with Gasteiger partial charge in [-0.15, -0.1) is 0 Å². The van der Waals surface area contributed by atoms with Crippen molar-refractivity contribution in [3.05, 3.63) is 59.4 Å². The lowest BCUT2D eigenvalue weighted by molar-refractivity contribution is -0.116. The van der Waals surface area contributed by atoms with Crippen molar-refractivity contribution in [1.29, 1.82) is 0 Å². The van der Waals surface area contributed by atoms with E-state index in [1.807, 2.05) is 61.0 Å². The third-order valence-electron chi connectivity index (χ3n) is 2.72. The molecule has 88 valence electrons. The number of nitrogens with zero attached hydrogens (tertiary/aromatic N) is 1. The maximum atomic E-state index is 11.9. The SMILES string of the molecule is Cc1ccc(C)n1NC(=O)Cc1ccccc1. The average molecular weight is 228 g/mol. The zero-order chi connectivity index (χ0) is 12.3. The van der Waals surface area contributed by atoms with Crippen LogP contribution in [0.3, 0.4) is 0 Å². The van der Waals surface area contributed by atoms with Crippen LogP contribution in [-0.4, -0.2) is 10.6 Å². The summed E-state index contributed by atoms with van der Waals surface area (Å²) >= 11 is 0. The Hall–Kier alpha value is -2.03. The molecule has 0 saturated carbocycles. The highest BCUT2D eigenvalue weighted by Crippen LogP contribution is 2.05. The Morgan fingerprint density at radius 3 is 2.24 bits per heavy atom. The summed E-state index contributed by atoms with van der Waals surface area (Å²) in [5.74, 6) is -0.00130. The molecule has 1 aromatic carbocycles. The van der Waals surface area contributed by atoms with Crippen LogP contribution in [0.25, 0.3) is 0 Å². The second kappa shape index (κ2) is 4.87. The summed E-state index contributed by atoms with van der Waals surface area (Å²) in [6.45, 7) is 3.94. The van der Waals surface area contributed by atoms with Gasteiger partial charge in [0.15, 0.2) is 0 Å². The quantitative estimate of drug-likeness (QED) is 0.860. The fourth-order valence-electron chi connectivity index (χ4n) is 1.79. The third-order valence-corrected chi connectivity index (χ3v) is 2.72. The second-order valence-electron chi connectivity index (χ2n) is 4.15. The summed E-state index contributed by atoms with van der Waals surface area (Å²) in [6, 6.07) is 13.7. The smallest absolute Gasteiger partial charge is 0.243 e. The van der Waals surface area contributed by atoms with Crippen LogP contribution in [0.5, 0.6) is 0 Å². The molecule has 1 aromatic heterocycles. The Balaban J connectivity index is 2.03. The topological polar surface area (TPSA) is 34.0 Å². The van der Waals surface area contributed by atoms with E-state index in [1.165, 1.54) is 0 Å². The van der Waals surface area contributed by atoms with Crippen molar-refractivity contribution in [2.75, 3.05) is 5.43 Å². The highest BCUT2D eigenvalue weighted by atomic mass is 16.2. The molecule has 0 unspecified atom stereocenters. The van der Waals surface area contributed by atoms with Gasteiger partial charge in [-0.25, -0.2) is 0 Å². The lowest BCUT2D eigenvalue weighted by Crippen LogP contribution is -2.26. The van der Waals surface area contributed by atoms with Gasteiger partial charge in [-0.2, -0.15) is 0 Å². The molecule has 2 aromatic rings. The van der Waals surface area contributed by atoms with Crippen LogP contribution in [-0.2, 0) is 11.2 Å². The summed E-state index contributed by atoms with van der Waals surface area (Å²) in [7, 11) is 0. The van der Waals surface area contributed by atoms with Crippen LogP contribution in [0, 0.1) is 13.8 Å². The Bertz CT molecular complexity index is 495. The molecule has 17 heavy (non-hydrogen) atoms. The molecule has 0 atom stereocenters. The third kappa shape index (κ3) is 2.75. The van der Waals surface area contributed by atoms with Gasteiger partial charge in [-0.05, 0) is 31.5 Å². The van der Waals surface area contributed by atoms with Crippen molar-refractivity contribution in [1.82, 2.24) is 4.68 Å². The van der Waals surface area contributed by atoms with Crippen molar-refractivity contribution in [2.45, 2.75) is 20.3 Å². The number of carbonyl (C=O) groups is 1. The molecular weight excluding hydrogens is 212 g/mol. The first-order chi connectivity index (χ1) is 8.16. The van der Waals surface area contributed by atoms with Gasteiger partial charge in [-0.3, -0.25) is 14.9 Å². The number of benzene rings is 1. The highest BCUT2D eigenvalue weighted by molar-refractivity contribution is 5.85. The Kier molecular flexibility index (Phi) is 3.28. The molecule has 0 spiro atoms. The summed E-state index contributed by atoms with van der Waals surface area (Å²) < 4.78 is 1.81. The molecule has 1 amide bonds. The van der Waals surface area contributed by atoms with Gasteiger partial charge in [-0.1, -0.05) is 30.3 Å². The molecule has 0 bridgehead atoms. The summed E-state index contributed by atoms with van der Waals surface area (Å²) in [4.78, 5) is 11.9. The monoisotopic (exact) mass is 228 g/mol. The van der Waals surface area contributed by atoms with Gasteiger partial charge in [0.1, 0.15) is 0 Å². The fraction of sp³-hybridized carbons (Fsp3) is 0.214. The van der Waals surface area contributed by atoms with Crippen LogP contribution in [0.15, 0.2) is 42.5 Å². The Labute approximate surface area is 101 Å². The zero-order valence-corrected chi connectivity index (χ0v) is 10.1. The van der Waals surface area contributed by atoms with Crippen molar-refractivity contribution in [3.63, 3.8) is 0 Å². The van der Waals surface area contributed by atoms with E-state index in [0.29, 0.717) is 6.42 Å². The van der Waals surface area contributed by atoms with Crippen molar-refractivity contribution < 1.29 is 4.79 Å². The standard InChI is InChI=1S/C14H16N2O/c1-11-8-9-12(2)16(11)15-14(17)10-13-6-4-3-5-7-13/h3-9H,10H2,1-2H3,(H,15,17). The molecule has 2 rings (SSSR count). The molecule has 0 aliphatic heterocycles. The van der Waals surface area contributed by atoms with E-state index < -0.39 is 0 Å². The molecule has 1 N–H and O–H groups in total. The van der Waals surface area contributed by atoms with Gasteiger partial charge in [0.25, 0.3) is 0 Å². The van der Waals surface area contributed by atoms with E-state index >= 15 is 0 Å². The lowest BCUT2D eigenvalue weighted by atomic mass is 10.1. The molecule has 0 aliphatic carbocycles. The first kappa shape index (κ1) is 11.5. The number of hydrogen-bond donors (Lipinski definition) is 1. The van der Waals surface area contributed by atoms with Gasteiger partial charge in [0.2, 0.25) is 5.91 Å². The van der Waals surface area contributed by atoms with E-state index in [9.17, 15) is 4.79 Å². The maximum Gasteiger partial charge on any atom is 0.243 e. The molecule has 1 heterocycles. The number of amides is 1. The average Bonchev–Trinajstić information content (AvgIpc) is 2.62. The van der Waals surface area contributed by atoms with E-state index in [4.69, 9.17) is 0 Å². The number of aryl methyl sites for hydroxylation is 2. The number of carbonyl (C=O) groups excluding carboxylic acids is 1. The highest BCUT2D eigenvalue weighted by Gasteiger charge is 2.06. The van der Waals surface area contributed by atoms with Crippen LogP contribution in [0.1, 0.15) is 17.0 Å². The van der Waals surface area contributed by atoms with Crippen LogP contribution in [0.4, 0.5) is 0 Å². The zero-order valence-electron chi connectivity index (χ0n) is 10.1. The second-order valence-corrected chi connectivity index (χ2v) is 4.15. The van der Waals surface area contributed by atoms with Crippen molar-refractivity contribution in [2.24, 2.45) is 0 Å². The largest absolute Gasteiger partial charge is 0.273 e. The van der Waals surface area contributed by atoms with Crippen LogP contribution < -0.4 is 5.43 Å². The summed E-state index contributed by atoms with van der Waals surface area (Å²) in [5, 5.41) is 0. The Morgan fingerprint density at radius 2 is 1.65 bits per heavy atom. The summed E-state index contributed by atoms with van der Waals surface area (Å²) in [5.41, 5.74) is 5.97. The van der Waals surface area contributed by atoms with E-state index in [2.05, 4.69) is 5.43 Å². The van der Waals surface area contributed by atoms with Crippen LogP contribution >= 0.6 is 0 Å². The predicted octanol–water partition coefficient (Wildman–Crippen LogP) is 2.42. The summed E-state index contributed by atoms with van der Waals surface area (Å²) in [6.07, 6.45) is 0.401. The molecule has 0 radical (unpaired) electrons. The first-order valence-electron chi connectivity index (χ1n) is 5.65. The molecule has 0 aliphatic rings. The van der Waals surface area contributed by atoms with Crippen LogP contribution in [0.2, 0.25) is 0 Å². The van der Waals surface area contributed by atoms with E-state index in [1.54, 1.807) is 0 Å². The molecule has 3 nitrogen and oxygen atoms in total. The fourth-order valence-corrected chi connectivity index (χ4v) is 1.79. The van der Waals surface area contributed by atoms with Gasteiger partial charge in [0.05, 0.1) is 6.42 Å². The molecule has 0 fully saturated rings. The molecule has 3 heteroatoms. The van der Waals surface area contributed by atoms with Crippen molar-refractivity contribution in [3.8, 4) is 0 Å². The normalized spacial score (nSPS) is 10.2. The maximum absolute atomic E-state index is 11.9. The van der Waals surface area contributed by atoms with Gasteiger partial charge >= 0.3 is 0 Å². The lowest BCUT2D eigenvalue weighted by Gasteiger charge is -2.11. The molecule has 0 saturated heterocycles. The number of aromatic nitrogens is 1. The van der Waals surface area contributed by atoms with E-state index in [-0.39, 0.29) is 5.91 Å². The minimum absolute atomic E-state index is 0.00130. The van der Waals surface area contributed by atoms with Crippen molar-refractivity contribution >= 4 is 5.91 Å².